The van der Waals surface area contributed by atoms with E-state index < -0.39 is 54.2 Å². The van der Waals surface area contributed by atoms with Crippen molar-refractivity contribution in [2.75, 3.05) is 27.3 Å². The lowest BCUT2D eigenvalue weighted by Gasteiger charge is -2.33. The molecule has 32 heavy (non-hydrogen) atoms. The third-order valence-electron chi connectivity index (χ3n) is 5.09. The molecule has 0 aromatic heterocycles. The molecular formula is C21H38N4O7. The zero-order valence-corrected chi connectivity index (χ0v) is 20.0. The Morgan fingerprint density at radius 3 is 2.25 bits per heavy atom. The van der Waals surface area contributed by atoms with Gasteiger partial charge >= 0.3 is 5.97 Å². The van der Waals surface area contributed by atoms with E-state index in [2.05, 4.69) is 21.3 Å². The molecule has 0 unspecified atom stereocenters. The highest BCUT2D eigenvalue weighted by Crippen LogP contribution is 2.11. The topological polar surface area (TPSA) is 144 Å². The van der Waals surface area contributed by atoms with Crippen LogP contribution >= 0.6 is 0 Å². The minimum absolute atomic E-state index is 0.106. The summed E-state index contributed by atoms with van der Waals surface area (Å²) >= 11 is 0. The summed E-state index contributed by atoms with van der Waals surface area (Å²) in [5.74, 6) is -2.03. The van der Waals surface area contributed by atoms with Crippen LogP contribution in [0.15, 0.2) is 0 Å². The lowest BCUT2D eigenvalue weighted by atomic mass is 10.0. The number of ether oxygens (including phenoxy) is 3. The molecule has 3 amide bonds. The Bertz CT molecular complexity index is 656. The number of morpholine rings is 1. The molecule has 4 N–H and O–H groups in total. The van der Waals surface area contributed by atoms with Crippen LogP contribution in [0.4, 0.5) is 0 Å². The van der Waals surface area contributed by atoms with Gasteiger partial charge in [-0.2, -0.15) is 0 Å². The molecular weight excluding hydrogens is 420 g/mol. The second kappa shape index (κ2) is 13.3. The summed E-state index contributed by atoms with van der Waals surface area (Å²) in [7, 11) is 2.77. The third kappa shape index (κ3) is 8.71. The average molecular weight is 459 g/mol. The summed E-state index contributed by atoms with van der Waals surface area (Å²) < 4.78 is 15.4. The summed E-state index contributed by atoms with van der Waals surface area (Å²) in [4.78, 5) is 49.6. The SMILES string of the molecule is COC(=O)[C@H](NC(=O)[C@@H](CC(C)C)NC(=O)CNC(=O)[C@H]1NC[C@H](OC)O[C@@H]1C)C(C)C. The maximum absolute atomic E-state index is 12.8. The van der Waals surface area contributed by atoms with Gasteiger partial charge < -0.3 is 30.2 Å². The van der Waals surface area contributed by atoms with E-state index >= 15 is 0 Å². The van der Waals surface area contributed by atoms with Crippen molar-refractivity contribution in [2.45, 2.75) is 71.6 Å². The van der Waals surface area contributed by atoms with Crippen LogP contribution in [0, 0.1) is 11.8 Å². The Hall–Kier alpha value is -2.24. The van der Waals surface area contributed by atoms with Crippen molar-refractivity contribution in [3.05, 3.63) is 0 Å². The number of carbonyl (C=O) groups excluding carboxylic acids is 4. The van der Waals surface area contributed by atoms with Gasteiger partial charge in [0.05, 0.1) is 19.8 Å². The molecule has 0 spiro atoms. The molecule has 5 atom stereocenters. The van der Waals surface area contributed by atoms with Crippen LogP contribution in [0.3, 0.4) is 0 Å². The molecule has 1 aliphatic heterocycles. The van der Waals surface area contributed by atoms with Gasteiger partial charge in [-0.1, -0.05) is 27.7 Å². The molecule has 0 bridgehead atoms. The monoisotopic (exact) mass is 458 g/mol. The molecule has 0 aliphatic carbocycles. The number of methoxy groups -OCH3 is 2. The Labute approximate surface area is 189 Å². The van der Waals surface area contributed by atoms with Crippen LogP contribution < -0.4 is 21.3 Å². The second-order valence-corrected chi connectivity index (χ2v) is 8.61. The van der Waals surface area contributed by atoms with E-state index in [9.17, 15) is 19.2 Å². The van der Waals surface area contributed by atoms with Crippen LogP contribution in [0.5, 0.6) is 0 Å². The van der Waals surface area contributed by atoms with Gasteiger partial charge in [-0.15, -0.1) is 0 Å². The van der Waals surface area contributed by atoms with E-state index in [0.717, 1.165) is 0 Å². The molecule has 0 aromatic rings. The first-order chi connectivity index (χ1) is 15.0. The van der Waals surface area contributed by atoms with Gasteiger partial charge in [0.1, 0.15) is 18.1 Å². The molecule has 1 rings (SSSR count). The highest BCUT2D eigenvalue weighted by atomic mass is 16.7. The summed E-state index contributed by atoms with van der Waals surface area (Å²) in [5, 5.41) is 10.9. The smallest absolute Gasteiger partial charge is 0.328 e. The lowest BCUT2D eigenvalue weighted by Crippen LogP contribution is -2.59. The van der Waals surface area contributed by atoms with Crippen LogP contribution in [-0.2, 0) is 33.4 Å². The molecule has 11 heteroatoms. The largest absolute Gasteiger partial charge is 0.467 e. The van der Waals surface area contributed by atoms with E-state index in [-0.39, 0.29) is 18.4 Å². The maximum Gasteiger partial charge on any atom is 0.328 e. The fourth-order valence-corrected chi connectivity index (χ4v) is 3.30. The number of hydrogen-bond acceptors (Lipinski definition) is 8. The summed E-state index contributed by atoms with van der Waals surface area (Å²) in [5.41, 5.74) is 0. The van der Waals surface area contributed by atoms with Gasteiger partial charge in [0.15, 0.2) is 6.29 Å². The quantitative estimate of drug-likeness (QED) is 0.298. The average Bonchev–Trinajstić information content (AvgIpc) is 2.73. The molecule has 1 aliphatic rings. The van der Waals surface area contributed by atoms with Gasteiger partial charge in [0, 0.05) is 13.7 Å². The van der Waals surface area contributed by atoms with E-state index in [1.54, 1.807) is 20.8 Å². The third-order valence-corrected chi connectivity index (χ3v) is 5.09. The first-order valence-corrected chi connectivity index (χ1v) is 10.9. The van der Waals surface area contributed by atoms with Crippen LogP contribution in [0.25, 0.3) is 0 Å². The standard InChI is InChI=1S/C21H38N4O7/c1-11(2)8-14(19(27)25-17(12(3)4)21(29)31-7)24-15(26)9-23-20(28)18-13(5)32-16(30-6)10-22-18/h11-14,16-18,22H,8-10H2,1-7H3,(H,23,28)(H,24,26)(H,25,27)/t13-,14-,16-,17-,18+/m1/s1. The van der Waals surface area contributed by atoms with E-state index in [1.165, 1.54) is 14.2 Å². The Morgan fingerprint density at radius 2 is 1.75 bits per heavy atom. The highest BCUT2D eigenvalue weighted by molar-refractivity contribution is 5.92. The molecule has 1 heterocycles. The number of amides is 3. The summed E-state index contributed by atoms with van der Waals surface area (Å²) in [6, 6.07) is -2.31. The molecule has 11 nitrogen and oxygen atoms in total. The minimum Gasteiger partial charge on any atom is -0.467 e. The maximum atomic E-state index is 12.8. The van der Waals surface area contributed by atoms with E-state index in [1.807, 2.05) is 13.8 Å². The lowest BCUT2D eigenvalue weighted by molar-refractivity contribution is -0.181. The Morgan fingerprint density at radius 1 is 1.09 bits per heavy atom. The van der Waals surface area contributed by atoms with Gasteiger partial charge in [0.25, 0.3) is 0 Å². The first-order valence-electron chi connectivity index (χ1n) is 10.9. The zero-order chi connectivity index (χ0) is 24.4. The zero-order valence-electron chi connectivity index (χ0n) is 20.0. The fraction of sp³-hybridized carbons (Fsp3) is 0.810. The van der Waals surface area contributed by atoms with Gasteiger partial charge in [0.2, 0.25) is 17.7 Å². The fourth-order valence-electron chi connectivity index (χ4n) is 3.30. The number of carbonyl (C=O) groups is 4. The molecule has 0 aromatic carbocycles. The van der Waals surface area contributed by atoms with Crippen molar-refractivity contribution < 1.29 is 33.4 Å². The van der Waals surface area contributed by atoms with Crippen LogP contribution in [0.1, 0.15) is 41.0 Å². The predicted octanol–water partition coefficient (Wildman–Crippen LogP) is -0.703. The van der Waals surface area contributed by atoms with Gasteiger partial charge in [-0.05, 0) is 25.2 Å². The van der Waals surface area contributed by atoms with Crippen molar-refractivity contribution in [2.24, 2.45) is 11.8 Å². The predicted molar refractivity (Wildman–Crippen MR) is 116 cm³/mol. The van der Waals surface area contributed by atoms with Crippen molar-refractivity contribution in [1.29, 1.82) is 0 Å². The molecule has 0 saturated carbocycles. The molecule has 1 fully saturated rings. The normalized spacial score (nSPS) is 22.7. The second-order valence-electron chi connectivity index (χ2n) is 8.61. The van der Waals surface area contributed by atoms with Gasteiger partial charge in [-0.3, -0.25) is 19.7 Å². The summed E-state index contributed by atoms with van der Waals surface area (Å²) in [6.07, 6.45) is -0.514. The summed E-state index contributed by atoms with van der Waals surface area (Å²) in [6.45, 7) is 9.18. The highest BCUT2D eigenvalue weighted by Gasteiger charge is 2.33. The first kappa shape index (κ1) is 27.8. The number of esters is 1. The Kier molecular flexibility index (Phi) is 11.6. The molecule has 0 radical (unpaired) electrons. The number of nitrogens with one attached hydrogen (secondary N) is 4. The molecule has 1 saturated heterocycles. The molecule has 184 valence electrons. The minimum atomic E-state index is -0.858. The van der Waals surface area contributed by atoms with Gasteiger partial charge in [-0.25, -0.2) is 4.79 Å². The number of rotatable bonds is 11. The van der Waals surface area contributed by atoms with Crippen LogP contribution in [-0.4, -0.2) is 81.5 Å². The van der Waals surface area contributed by atoms with Crippen molar-refractivity contribution in [1.82, 2.24) is 21.3 Å². The number of hydrogen-bond donors (Lipinski definition) is 4. The van der Waals surface area contributed by atoms with E-state index in [0.29, 0.717) is 13.0 Å². The Balaban J connectivity index is 2.67. The van der Waals surface area contributed by atoms with Crippen LogP contribution in [0.2, 0.25) is 0 Å². The van der Waals surface area contributed by atoms with Crippen molar-refractivity contribution in [3.8, 4) is 0 Å². The van der Waals surface area contributed by atoms with Crippen molar-refractivity contribution >= 4 is 23.7 Å². The van der Waals surface area contributed by atoms with E-state index in [4.69, 9.17) is 14.2 Å². The van der Waals surface area contributed by atoms with Crippen molar-refractivity contribution in [3.63, 3.8) is 0 Å².